The topological polar surface area (TPSA) is 67.6 Å². The van der Waals surface area contributed by atoms with Gasteiger partial charge in [-0.25, -0.2) is 9.18 Å². The number of nitriles is 1. The lowest BCUT2D eigenvalue weighted by molar-refractivity contribution is 0.0232. The van der Waals surface area contributed by atoms with Crippen LogP contribution in [0.2, 0.25) is 0 Å². The monoisotopic (exact) mass is 305 g/mol. The van der Waals surface area contributed by atoms with Gasteiger partial charge in [0.1, 0.15) is 11.9 Å². The predicted octanol–water partition coefficient (Wildman–Crippen LogP) is 2.83. The number of hydrogen-bond donors (Lipinski definition) is 1. The Kier molecular flexibility index (Phi) is 4.67. The summed E-state index contributed by atoms with van der Waals surface area (Å²) in [6.45, 7) is 6.84. The molecule has 0 spiro atoms. The number of carbonyl (C=O) groups is 1. The summed E-state index contributed by atoms with van der Waals surface area (Å²) < 4.78 is 13.8. The molecule has 1 fully saturated rings. The zero-order valence-electron chi connectivity index (χ0n) is 13.0. The van der Waals surface area contributed by atoms with Crippen LogP contribution in [-0.4, -0.2) is 46.2 Å². The molecule has 0 aromatic heterocycles. The second-order valence-electron chi connectivity index (χ2n) is 5.86. The number of amides is 1. The maximum atomic E-state index is 13.8. The van der Waals surface area contributed by atoms with Gasteiger partial charge in [0.05, 0.1) is 5.56 Å². The van der Waals surface area contributed by atoms with Crippen LogP contribution in [0.15, 0.2) is 18.2 Å². The standard InChI is InChI=1S/C16H20FN3O2/c1-10-9-20(16(21)22)11(2)8-19(10)12(3)13-4-5-14(7-18)15(17)6-13/h4-6,10-12H,8-9H2,1-3H3,(H,21,22)/t10-,11+,12?/m1/s1. The van der Waals surface area contributed by atoms with Gasteiger partial charge in [-0.3, -0.25) is 4.90 Å². The molecule has 1 aromatic carbocycles. The Labute approximate surface area is 129 Å². The first-order valence-corrected chi connectivity index (χ1v) is 7.30. The molecule has 6 heteroatoms. The van der Waals surface area contributed by atoms with E-state index in [2.05, 4.69) is 4.90 Å². The van der Waals surface area contributed by atoms with Crippen molar-refractivity contribution in [3.63, 3.8) is 0 Å². The Morgan fingerprint density at radius 1 is 1.41 bits per heavy atom. The van der Waals surface area contributed by atoms with Crippen LogP contribution in [0.5, 0.6) is 0 Å². The molecular weight excluding hydrogens is 285 g/mol. The molecule has 0 aliphatic carbocycles. The Morgan fingerprint density at radius 2 is 2.09 bits per heavy atom. The first-order chi connectivity index (χ1) is 10.3. The molecule has 0 bridgehead atoms. The average Bonchev–Trinajstić information content (AvgIpc) is 2.48. The molecule has 5 nitrogen and oxygen atoms in total. The summed E-state index contributed by atoms with van der Waals surface area (Å²) in [5, 5.41) is 18.0. The lowest BCUT2D eigenvalue weighted by Crippen LogP contribution is -2.58. The van der Waals surface area contributed by atoms with Crippen molar-refractivity contribution in [2.45, 2.75) is 38.9 Å². The van der Waals surface area contributed by atoms with E-state index in [9.17, 15) is 14.3 Å². The van der Waals surface area contributed by atoms with Crippen LogP contribution in [0.3, 0.4) is 0 Å². The van der Waals surface area contributed by atoms with Crippen LogP contribution in [0, 0.1) is 17.1 Å². The van der Waals surface area contributed by atoms with Gasteiger partial charge in [-0.2, -0.15) is 5.26 Å². The smallest absolute Gasteiger partial charge is 0.407 e. The van der Waals surface area contributed by atoms with Gasteiger partial charge in [-0.15, -0.1) is 0 Å². The summed E-state index contributed by atoms with van der Waals surface area (Å²) in [5.41, 5.74) is 0.826. The van der Waals surface area contributed by atoms with E-state index in [4.69, 9.17) is 5.26 Å². The lowest BCUT2D eigenvalue weighted by Gasteiger charge is -2.45. The van der Waals surface area contributed by atoms with Crippen LogP contribution in [0.25, 0.3) is 0 Å². The highest BCUT2D eigenvalue weighted by molar-refractivity contribution is 5.65. The highest BCUT2D eigenvalue weighted by Crippen LogP contribution is 2.28. The molecule has 22 heavy (non-hydrogen) atoms. The largest absolute Gasteiger partial charge is 0.465 e. The molecule has 0 saturated carbocycles. The van der Waals surface area contributed by atoms with Crippen molar-refractivity contribution < 1.29 is 14.3 Å². The third kappa shape index (κ3) is 3.04. The van der Waals surface area contributed by atoms with E-state index in [1.807, 2.05) is 26.8 Å². The first kappa shape index (κ1) is 16.2. The van der Waals surface area contributed by atoms with Crippen molar-refractivity contribution in [3.05, 3.63) is 35.1 Å². The normalized spacial score (nSPS) is 23.9. The fourth-order valence-electron chi connectivity index (χ4n) is 3.03. The summed E-state index contributed by atoms with van der Waals surface area (Å²) in [7, 11) is 0. The fraction of sp³-hybridized carbons (Fsp3) is 0.500. The summed E-state index contributed by atoms with van der Waals surface area (Å²) in [6.07, 6.45) is -0.906. The molecular formula is C16H20FN3O2. The van der Waals surface area contributed by atoms with Crippen molar-refractivity contribution in [1.29, 1.82) is 5.26 Å². The number of nitrogens with zero attached hydrogens (tertiary/aromatic N) is 3. The highest BCUT2D eigenvalue weighted by atomic mass is 19.1. The van der Waals surface area contributed by atoms with Crippen molar-refractivity contribution in [3.8, 4) is 6.07 Å². The van der Waals surface area contributed by atoms with Crippen LogP contribution in [0.1, 0.15) is 37.9 Å². The molecule has 2 rings (SSSR count). The van der Waals surface area contributed by atoms with Crippen LogP contribution in [0.4, 0.5) is 9.18 Å². The van der Waals surface area contributed by atoms with Gasteiger partial charge in [0, 0.05) is 31.2 Å². The van der Waals surface area contributed by atoms with E-state index in [0.717, 1.165) is 5.56 Å². The van der Waals surface area contributed by atoms with Crippen LogP contribution in [-0.2, 0) is 0 Å². The minimum Gasteiger partial charge on any atom is -0.465 e. The number of hydrogen-bond acceptors (Lipinski definition) is 3. The maximum absolute atomic E-state index is 13.8. The van der Waals surface area contributed by atoms with E-state index >= 15 is 0 Å². The van der Waals surface area contributed by atoms with Gasteiger partial charge >= 0.3 is 6.09 Å². The zero-order chi connectivity index (χ0) is 16.4. The molecule has 118 valence electrons. The third-order valence-corrected chi connectivity index (χ3v) is 4.37. The number of carboxylic acid groups (broad SMARTS) is 1. The zero-order valence-corrected chi connectivity index (χ0v) is 13.0. The molecule has 3 atom stereocenters. The first-order valence-electron chi connectivity index (χ1n) is 7.30. The molecule has 0 radical (unpaired) electrons. The number of benzene rings is 1. The molecule has 1 unspecified atom stereocenters. The van der Waals surface area contributed by atoms with Gasteiger partial charge < -0.3 is 10.0 Å². The van der Waals surface area contributed by atoms with E-state index in [1.54, 1.807) is 6.07 Å². The van der Waals surface area contributed by atoms with E-state index in [-0.39, 0.29) is 23.7 Å². The summed E-state index contributed by atoms with van der Waals surface area (Å²) in [5.74, 6) is -0.517. The van der Waals surface area contributed by atoms with Crippen LogP contribution < -0.4 is 0 Å². The molecule has 1 N–H and O–H groups in total. The molecule has 1 amide bonds. The van der Waals surface area contributed by atoms with Crippen molar-refractivity contribution >= 4 is 6.09 Å². The van der Waals surface area contributed by atoms with Gasteiger partial charge in [0.2, 0.25) is 0 Å². The summed E-state index contributed by atoms with van der Waals surface area (Å²) in [6, 6.07) is 6.34. The van der Waals surface area contributed by atoms with Crippen LogP contribution >= 0.6 is 0 Å². The second kappa shape index (κ2) is 6.32. The quantitative estimate of drug-likeness (QED) is 0.912. The predicted molar refractivity (Wildman–Crippen MR) is 79.9 cm³/mol. The molecule has 1 heterocycles. The van der Waals surface area contributed by atoms with Crippen molar-refractivity contribution in [2.75, 3.05) is 13.1 Å². The number of rotatable bonds is 2. The Hall–Kier alpha value is -2.13. The third-order valence-electron chi connectivity index (χ3n) is 4.37. The number of halogens is 1. The number of piperazine rings is 1. The molecule has 1 saturated heterocycles. The summed E-state index contributed by atoms with van der Waals surface area (Å²) in [4.78, 5) is 14.8. The van der Waals surface area contributed by atoms with Crippen molar-refractivity contribution in [2.24, 2.45) is 0 Å². The van der Waals surface area contributed by atoms with E-state index < -0.39 is 11.9 Å². The molecule has 1 aliphatic heterocycles. The molecule has 1 aromatic rings. The van der Waals surface area contributed by atoms with Crippen molar-refractivity contribution in [1.82, 2.24) is 9.80 Å². The highest BCUT2D eigenvalue weighted by Gasteiger charge is 2.34. The van der Waals surface area contributed by atoms with Gasteiger partial charge in [-0.1, -0.05) is 6.07 Å². The van der Waals surface area contributed by atoms with E-state index in [1.165, 1.54) is 17.0 Å². The Balaban J connectivity index is 2.19. The average molecular weight is 305 g/mol. The minimum absolute atomic E-state index is 0.0352. The lowest BCUT2D eigenvalue weighted by atomic mass is 10.00. The maximum Gasteiger partial charge on any atom is 0.407 e. The van der Waals surface area contributed by atoms with Gasteiger partial charge in [-0.05, 0) is 38.5 Å². The Bertz CT molecular complexity index is 614. The Morgan fingerprint density at radius 3 is 2.64 bits per heavy atom. The molecule has 1 aliphatic rings. The SMILES string of the molecule is CC(c1ccc(C#N)c(F)c1)N1C[C@H](C)N(C(=O)O)C[C@H]1C. The van der Waals surface area contributed by atoms with Gasteiger partial charge in [0.15, 0.2) is 0 Å². The second-order valence-corrected chi connectivity index (χ2v) is 5.86. The van der Waals surface area contributed by atoms with Gasteiger partial charge in [0.25, 0.3) is 0 Å². The fourth-order valence-corrected chi connectivity index (χ4v) is 3.03. The van der Waals surface area contributed by atoms with E-state index in [0.29, 0.717) is 13.1 Å². The summed E-state index contributed by atoms with van der Waals surface area (Å²) >= 11 is 0. The minimum atomic E-state index is -0.906.